The van der Waals surface area contributed by atoms with Gasteiger partial charge in [-0.3, -0.25) is 4.79 Å². The van der Waals surface area contributed by atoms with Crippen LogP contribution in [-0.4, -0.2) is 19.1 Å². The van der Waals surface area contributed by atoms with E-state index in [1.54, 1.807) is 18.2 Å². The first-order chi connectivity index (χ1) is 8.08. The number of rotatable bonds is 2. The summed E-state index contributed by atoms with van der Waals surface area (Å²) in [7, 11) is 0. The fourth-order valence-electron chi connectivity index (χ4n) is 2.21. The molecule has 0 spiro atoms. The maximum Gasteiger partial charge on any atom is 0.230 e. The topological polar surface area (TPSA) is 52.3 Å². The highest BCUT2D eigenvalue weighted by atomic mass is 79.9. The molecule has 1 atom stereocenters. The first kappa shape index (κ1) is 12.5. The van der Waals surface area contributed by atoms with Crippen LogP contribution in [0.3, 0.4) is 0 Å². The van der Waals surface area contributed by atoms with Crippen LogP contribution in [-0.2, 0) is 14.9 Å². The number of nitrogens with two attached hydrogens (primary N) is 1. The Hall–Kier alpha value is -0.940. The number of amides is 1. The van der Waals surface area contributed by atoms with Crippen molar-refractivity contribution in [2.45, 2.75) is 18.3 Å². The van der Waals surface area contributed by atoms with Gasteiger partial charge in [-0.2, -0.15) is 0 Å². The van der Waals surface area contributed by atoms with Crippen LogP contribution in [0.25, 0.3) is 0 Å². The molecule has 1 unspecified atom stereocenters. The molecule has 2 rings (SSSR count). The fourth-order valence-corrected chi connectivity index (χ4v) is 2.57. The third-order valence-corrected chi connectivity index (χ3v) is 3.79. The molecule has 1 aliphatic heterocycles. The molecule has 0 bridgehead atoms. The average Bonchev–Trinajstić information content (AvgIpc) is 2.33. The molecule has 92 valence electrons. The molecule has 0 aromatic heterocycles. The molecular weight excluding hydrogens is 289 g/mol. The van der Waals surface area contributed by atoms with Crippen LogP contribution in [0.5, 0.6) is 0 Å². The van der Waals surface area contributed by atoms with E-state index >= 15 is 0 Å². The van der Waals surface area contributed by atoms with Gasteiger partial charge in [0, 0.05) is 12.2 Å². The van der Waals surface area contributed by atoms with Crippen molar-refractivity contribution < 1.29 is 13.9 Å². The van der Waals surface area contributed by atoms with E-state index < -0.39 is 17.1 Å². The summed E-state index contributed by atoms with van der Waals surface area (Å²) < 4.78 is 19.7. The Bertz CT molecular complexity index is 444. The van der Waals surface area contributed by atoms with Crippen LogP contribution in [0, 0.1) is 5.82 Å². The lowest BCUT2D eigenvalue weighted by Crippen LogP contribution is -2.48. The van der Waals surface area contributed by atoms with E-state index in [-0.39, 0.29) is 6.61 Å². The summed E-state index contributed by atoms with van der Waals surface area (Å²) in [5.74, 6) is -0.967. The minimum atomic E-state index is -1.04. The molecule has 1 aromatic rings. The van der Waals surface area contributed by atoms with Gasteiger partial charge in [-0.25, -0.2) is 4.39 Å². The maximum atomic E-state index is 14.1. The van der Waals surface area contributed by atoms with Gasteiger partial charge in [-0.05, 0) is 34.8 Å². The van der Waals surface area contributed by atoms with Gasteiger partial charge in [0.25, 0.3) is 0 Å². The second-order valence-electron chi connectivity index (χ2n) is 4.20. The van der Waals surface area contributed by atoms with Crippen molar-refractivity contribution in [3.05, 3.63) is 34.1 Å². The molecule has 1 saturated heterocycles. The number of carbonyl (C=O) groups is 1. The third kappa shape index (κ3) is 2.09. The summed E-state index contributed by atoms with van der Waals surface area (Å²) in [4.78, 5) is 11.7. The van der Waals surface area contributed by atoms with Crippen molar-refractivity contribution >= 4 is 21.8 Å². The lowest BCUT2D eigenvalue weighted by atomic mass is 9.75. The average molecular weight is 302 g/mol. The first-order valence-electron chi connectivity index (χ1n) is 5.40. The lowest BCUT2D eigenvalue weighted by molar-refractivity contribution is -0.128. The van der Waals surface area contributed by atoms with Gasteiger partial charge < -0.3 is 10.5 Å². The highest BCUT2D eigenvalue weighted by Crippen LogP contribution is 2.36. The summed E-state index contributed by atoms with van der Waals surface area (Å²) in [5.41, 5.74) is 4.74. The van der Waals surface area contributed by atoms with Crippen molar-refractivity contribution in [1.29, 1.82) is 0 Å². The second-order valence-corrected chi connectivity index (χ2v) is 5.06. The van der Waals surface area contributed by atoms with Crippen LogP contribution >= 0.6 is 15.9 Å². The number of carbonyl (C=O) groups excluding carboxylic acids is 1. The highest BCUT2D eigenvalue weighted by Gasteiger charge is 2.42. The van der Waals surface area contributed by atoms with E-state index in [9.17, 15) is 9.18 Å². The summed E-state index contributed by atoms with van der Waals surface area (Å²) in [6.07, 6.45) is 1.23. The Morgan fingerprint density at radius 3 is 2.88 bits per heavy atom. The number of ether oxygens (including phenoxy) is 1. The molecule has 0 saturated carbocycles. The van der Waals surface area contributed by atoms with Crippen LogP contribution in [0.15, 0.2) is 22.7 Å². The standard InChI is InChI=1S/C12H13BrFNO2/c13-9-4-1-3-8(10(9)14)12(11(15)16)5-2-6-17-7-12/h1,3-4H,2,5-7H2,(H2,15,16). The predicted molar refractivity (Wildman–Crippen MR) is 65.0 cm³/mol. The van der Waals surface area contributed by atoms with Crippen molar-refractivity contribution in [1.82, 2.24) is 0 Å². The van der Waals surface area contributed by atoms with Gasteiger partial charge in [-0.15, -0.1) is 0 Å². The minimum Gasteiger partial charge on any atom is -0.380 e. The van der Waals surface area contributed by atoms with Crippen molar-refractivity contribution in [2.75, 3.05) is 13.2 Å². The molecule has 1 heterocycles. The first-order valence-corrected chi connectivity index (χ1v) is 6.19. The summed E-state index contributed by atoms with van der Waals surface area (Å²) in [6.45, 7) is 0.736. The van der Waals surface area contributed by atoms with E-state index in [2.05, 4.69) is 15.9 Å². The zero-order valence-electron chi connectivity index (χ0n) is 9.21. The van der Waals surface area contributed by atoms with Crippen molar-refractivity contribution in [2.24, 2.45) is 5.73 Å². The van der Waals surface area contributed by atoms with E-state index in [4.69, 9.17) is 10.5 Å². The Balaban J connectivity index is 2.53. The van der Waals surface area contributed by atoms with Crippen LogP contribution in [0.1, 0.15) is 18.4 Å². The number of hydrogen-bond donors (Lipinski definition) is 1. The number of benzene rings is 1. The molecule has 5 heteroatoms. The molecule has 1 aliphatic rings. The Kier molecular flexibility index (Phi) is 3.49. The zero-order valence-corrected chi connectivity index (χ0v) is 10.8. The van der Waals surface area contributed by atoms with Crippen LogP contribution in [0.2, 0.25) is 0 Å². The summed E-state index contributed by atoms with van der Waals surface area (Å²) >= 11 is 3.12. The second kappa shape index (κ2) is 4.74. The number of halogens is 2. The van der Waals surface area contributed by atoms with Gasteiger partial charge >= 0.3 is 0 Å². The van der Waals surface area contributed by atoms with Gasteiger partial charge in [0.15, 0.2) is 0 Å². The molecule has 1 amide bonds. The van der Waals surface area contributed by atoms with Gasteiger partial charge in [0.2, 0.25) is 5.91 Å². The smallest absolute Gasteiger partial charge is 0.230 e. The molecule has 3 nitrogen and oxygen atoms in total. The third-order valence-electron chi connectivity index (χ3n) is 3.18. The minimum absolute atomic E-state index is 0.149. The molecule has 0 radical (unpaired) electrons. The normalized spacial score (nSPS) is 24.6. The van der Waals surface area contributed by atoms with Crippen LogP contribution < -0.4 is 5.73 Å². The Labute approximate surface area is 107 Å². The molecule has 1 aromatic carbocycles. The zero-order chi connectivity index (χ0) is 12.5. The van der Waals surface area contributed by atoms with Gasteiger partial charge in [-0.1, -0.05) is 12.1 Å². The number of hydrogen-bond acceptors (Lipinski definition) is 2. The van der Waals surface area contributed by atoms with Gasteiger partial charge in [0.1, 0.15) is 5.82 Å². The monoisotopic (exact) mass is 301 g/mol. The fraction of sp³-hybridized carbons (Fsp3) is 0.417. The molecule has 2 N–H and O–H groups in total. The van der Waals surface area contributed by atoms with Crippen LogP contribution in [0.4, 0.5) is 4.39 Å². The molecule has 0 aliphatic carbocycles. The van der Waals surface area contributed by atoms with Crippen molar-refractivity contribution in [3.63, 3.8) is 0 Å². The van der Waals surface area contributed by atoms with E-state index in [0.717, 1.165) is 0 Å². The summed E-state index contributed by atoms with van der Waals surface area (Å²) in [6, 6.07) is 4.89. The maximum absolute atomic E-state index is 14.1. The lowest BCUT2D eigenvalue weighted by Gasteiger charge is -2.34. The molecule has 17 heavy (non-hydrogen) atoms. The highest BCUT2D eigenvalue weighted by molar-refractivity contribution is 9.10. The largest absolute Gasteiger partial charge is 0.380 e. The molecular formula is C12H13BrFNO2. The number of primary amides is 1. The molecule has 1 fully saturated rings. The predicted octanol–water partition coefficient (Wildman–Crippen LogP) is 2.12. The quantitative estimate of drug-likeness (QED) is 0.910. The van der Waals surface area contributed by atoms with E-state index in [1.807, 2.05) is 0 Å². The van der Waals surface area contributed by atoms with E-state index in [0.29, 0.717) is 29.5 Å². The van der Waals surface area contributed by atoms with E-state index in [1.165, 1.54) is 0 Å². The SMILES string of the molecule is NC(=O)C1(c2cccc(Br)c2F)CCCOC1. The van der Waals surface area contributed by atoms with Crippen molar-refractivity contribution in [3.8, 4) is 0 Å². The Morgan fingerprint density at radius 2 is 2.29 bits per heavy atom. The Morgan fingerprint density at radius 1 is 1.53 bits per heavy atom. The summed E-state index contributed by atoms with van der Waals surface area (Å²) in [5, 5.41) is 0. The van der Waals surface area contributed by atoms with Gasteiger partial charge in [0.05, 0.1) is 16.5 Å².